The minimum atomic E-state index is -0.373. The molecule has 0 spiro atoms. The van der Waals surface area contributed by atoms with Crippen LogP contribution in [0.15, 0.2) is 45.7 Å². The normalized spacial score (nSPS) is 11.3. The molecule has 3 heterocycles. The van der Waals surface area contributed by atoms with Crippen LogP contribution in [0.3, 0.4) is 0 Å². The van der Waals surface area contributed by atoms with Crippen molar-refractivity contribution in [3.63, 3.8) is 0 Å². The summed E-state index contributed by atoms with van der Waals surface area (Å²) < 4.78 is 5.51. The lowest BCUT2D eigenvalue weighted by molar-refractivity contribution is 0.468. The molecule has 0 atom stereocenters. The van der Waals surface area contributed by atoms with Gasteiger partial charge in [-0.3, -0.25) is 0 Å². The molecule has 4 aromatic rings. The lowest BCUT2D eigenvalue weighted by Gasteiger charge is -1.98. The number of hydrogen-bond donors (Lipinski definition) is 0. The molecule has 3 aromatic heterocycles. The van der Waals surface area contributed by atoms with Crippen LogP contribution in [0.2, 0.25) is 0 Å². The van der Waals surface area contributed by atoms with E-state index in [0.717, 1.165) is 15.8 Å². The summed E-state index contributed by atoms with van der Waals surface area (Å²) in [6, 6.07) is 9.72. The van der Waals surface area contributed by atoms with E-state index in [4.69, 9.17) is 4.42 Å². The van der Waals surface area contributed by atoms with Crippen LogP contribution in [0, 0.1) is 6.92 Å². The molecule has 4 rings (SSSR count). The number of benzene rings is 1. The van der Waals surface area contributed by atoms with Crippen molar-refractivity contribution in [2.45, 2.75) is 6.92 Å². The van der Waals surface area contributed by atoms with Crippen molar-refractivity contribution in [1.82, 2.24) is 15.0 Å². The number of aromatic nitrogens is 3. The molecule has 0 saturated carbocycles. The van der Waals surface area contributed by atoms with Crippen LogP contribution in [0.4, 0.5) is 0 Å². The Bertz CT molecular complexity index is 1020. The SMILES string of the molecule is Cc1nc2c(sc3nc(-c4ccccc4)ncc32)c(=O)o1. The molecular formula is C15H9N3O2S. The van der Waals surface area contributed by atoms with Gasteiger partial charge in [0.1, 0.15) is 15.0 Å². The summed E-state index contributed by atoms with van der Waals surface area (Å²) in [5.74, 6) is 0.982. The second-order valence-corrected chi connectivity index (χ2v) is 5.58. The molecule has 0 bridgehead atoms. The van der Waals surface area contributed by atoms with Crippen LogP contribution in [0.5, 0.6) is 0 Å². The third-order valence-corrected chi connectivity index (χ3v) is 4.22. The van der Waals surface area contributed by atoms with E-state index in [1.54, 1.807) is 13.1 Å². The highest BCUT2D eigenvalue weighted by Gasteiger charge is 2.14. The van der Waals surface area contributed by atoms with E-state index in [-0.39, 0.29) is 5.63 Å². The molecule has 6 heteroatoms. The van der Waals surface area contributed by atoms with Gasteiger partial charge in [0.15, 0.2) is 11.7 Å². The largest absolute Gasteiger partial charge is 0.408 e. The molecule has 0 saturated heterocycles. The summed E-state index contributed by atoms with van der Waals surface area (Å²) in [6.07, 6.45) is 1.72. The Kier molecular flexibility index (Phi) is 2.58. The number of aryl methyl sites for hydroxylation is 1. The maximum absolute atomic E-state index is 11.9. The van der Waals surface area contributed by atoms with Gasteiger partial charge in [-0.15, -0.1) is 11.3 Å². The van der Waals surface area contributed by atoms with Crippen molar-refractivity contribution in [3.05, 3.63) is 52.8 Å². The third kappa shape index (κ3) is 1.92. The average Bonchev–Trinajstić information content (AvgIpc) is 2.86. The van der Waals surface area contributed by atoms with E-state index >= 15 is 0 Å². The van der Waals surface area contributed by atoms with Gasteiger partial charge in [-0.25, -0.2) is 19.7 Å². The topological polar surface area (TPSA) is 68.9 Å². The first-order valence-corrected chi connectivity index (χ1v) is 7.16. The van der Waals surface area contributed by atoms with Crippen molar-refractivity contribution >= 4 is 31.8 Å². The fourth-order valence-corrected chi connectivity index (χ4v) is 3.17. The van der Waals surface area contributed by atoms with Gasteiger partial charge in [0.05, 0.1) is 5.39 Å². The first-order valence-electron chi connectivity index (χ1n) is 6.35. The lowest BCUT2D eigenvalue weighted by Crippen LogP contribution is -1.99. The summed E-state index contributed by atoms with van der Waals surface area (Å²) in [7, 11) is 0. The predicted octanol–water partition coefficient (Wildman–Crippen LogP) is 3.17. The number of hydrogen-bond acceptors (Lipinski definition) is 6. The summed E-state index contributed by atoms with van der Waals surface area (Å²) in [6.45, 7) is 1.66. The van der Waals surface area contributed by atoms with Gasteiger partial charge in [0.25, 0.3) is 0 Å². The van der Waals surface area contributed by atoms with Crippen molar-refractivity contribution in [3.8, 4) is 11.4 Å². The minimum absolute atomic E-state index is 0.347. The third-order valence-electron chi connectivity index (χ3n) is 3.15. The van der Waals surface area contributed by atoms with Gasteiger partial charge in [0, 0.05) is 18.7 Å². The molecule has 0 aliphatic rings. The van der Waals surface area contributed by atoms with E-state index in [0.29, 0.717) is 21.9 Å². The molecule has 0 N–H and O–H groups in total. The quantitative estimate of drug-likeness (QED) is 0.539. The molecule has 0 aliphatic carbocycles. The molecule has 0 fully saturated rings. The molecule has 0 radical (unpaired) electrons. The highest BCUT2D eigenvalue weighted by Crippen LogP contribution is 2.30. The molecule has 5 nitrogen and oxygen atoms in total. The van der Waals surface area contributed by atoms with E-state index in [1.807, 2.05) is 30.3 Å². The second-order valence-electron chi connectivity index (χ2n) is 4.58. The second kappa shape index (κ2) is 4.46. The highest BCUT2D eigenvalue weighted by molar-refractivity contribution is 7.25. The summed E-state index contributed by atoms with van der Waals surface area (Å²) in [5, 5.41) is 0.783. The molecule has 1 aromatic carbocycles. The standard InChI is InChI=1S/C15H9N3O2S/c1-8-17-11-10-7-16-13(9-5-3-2-4-6-9)18-14(10)21-12(11)15(19)20-8/h2-7H,1H3. The van der Waals surface area contributed by atoms with Gasteiger partial charge in [0.2, 0.25) is 0 Å². The van der Waals surface area contributed by atoms with Crippen LogP contribution in [-0.4, -0.2) is 15.0 Å². The zero-order valence-electron chi connectivity index (χ0n) is 11.0. The van der Waals surface area contributed by atoms with Gasteiger partial charge in [-0.05, 0) is 0 Å². The Labute approximate surface area is 122 Å². The van der Waals surface area contributed by atoms with E-state index in [9.17, 15) is 4.79 Å². The van der Waals surface area contributed by atoms with E-state index < -0.39 is 0 Å². The first kappa shape index (κ1) is 12.2. The molecule has 0 amide bonds. The van der Waals surface area contributed by atoms with Gasteiger partial charge < -0.3 is 4.42 Å². The first-order chi connectivity index (χ1) is 10.2. The van der Waals surface area contributed by atoms with Crippen LogP contribution in [0.1, 0.15) is 5.89 Å². The summed E-state index contributed by atoms with van der Waals surface area (Å²) >= 11 is 1.29. The van der Waals surface area contributed by atoms with E-state index in [2.05, 4.69) is 15.0 Å². The zero-order valence-corrected chi connectivity index (χ0v) is 11.8. The smallest absolute Gasteiger partial charge is 0.357 e. The van der Waals surface area contributed by atoms with Gasteiger partial charge in [-0.2, -0.15) is 0 Å². The number of rotatable bonds is 1. The Hall–Kier alpha value is -2.60. The van der Waals surface area contributed by atoms with Gasteiger partial charge >= 0.3 is 5.63 Å². The molecule has 21 heavy (non-hydrogen) atoms. The van der Waals surface area contributed by atoms with E-state index in [1.165, 1.54) is 11.3 Å². The van der Waals surface area contributed by atoms with Gasteiger partial charge in [-0.1, -0.05) is 30.3 Å². The molecule has 102 valence electrons. The maximum atomic E-state index is 11.9. The fourth-order valence-electron chi connectivity index (χ4n) is 2.21. The van der Waals surface area contributed by atoms with Crippen molar-refractivity contribution < 1.29 is 4.42 Å². The number of thiophene rings is 1. The maximum Gasteiger partial charge on any atom is 0.357 e. The van der Waals surface area contributed by atoms with Crippen molar-refractivity contribution in [2.75, 3.05) is 0 Å². The molecule has 0 unspecified atom stereocenters. The monoisotopic (exact) mass is 295 g/mol. The average molecular weight is 295 g/mol. The van der Waals surface area contributed by atoms with Crippen LogP contribution in [0.25, 0.3) is 31.8 Å². The Morgan fingerprint density at radius 3 is 2.76 bits per heavy atom. The van der Waals surface area contributed by atoms with Crippen molar-refractivity contribution in [1.29, 1.82) is 0 Å². The Balaban J connectivity index is 2.03. The van der Waals surface area contributed by atoms with Crippen LogP contribution < -0.4 is 5.63 Å². The predicted molar refractivity (Wildman–Crippen MR) is 81.4 cm³/mol. The molecular weight excluding hydrogens is 286 g/mol. The lowest BCUT2D eigenvalue weighted by atomic mass is 10.2. The van der Waals surface area contributed by atoms with Crippen LogP contribution in [-0.2, 0) is 0 Å². The Morgan fingerprint density at radius 2 is 1.95 bits per heavy atom. The number of nitrogens with zero attached hydrogens (tertiary/aromatic N) is 3. The molecule has 0 aliphatic heterocycles. The van der Waals surface area contributed by atoms with Crippen LogP contribution >= 0.6 is 11.3 Å². The Morgan fingerprint density at radius 1 is 1.14 bits per heavy atom. The fraction of sp³-hybridized carbons (Fsp3) is 0.0667. The zero-order chi connectivity index (χ0) is 14.4. The van der Waals surface area contributed by atoms with Crippen molar-refractivity contribution in [2.24, 2.45) is 0 Å². The summed E-state index contributed by atoms with van der Waals surface area (Å²) in [4.78, 5) is 25.8. The summed E-state index contributed by atoms with van der Waals surface area (Å²) in [5.41, 5.74) is 1.18. The highest BCUT2D eigenvalue weighted by atomic mass is 32.1. The number of fused-ring (bicyclic) bond motifs is 3. The minimum Gasteiger partial charge on any atom is -0.408 e.